The summed E-state index contributed by atoms with van der Waals surface area (Å²) in [6.07, 6.45) is 3.34. The minimum Gasteiger partial charge on any atom is -0.504 e. The van der Waals surface area contributed by atoms with E-state index in [0.29, 0.717) is 12.2 Å². The number of aliphatic carboxylic acids is 1. The maximum Gasteiger partial charge on any atom is 0.321 e. The van der Waals surface area contributed by atoms with Crippen LogP contribution in [0, 0.1) is 0 Å². The second-order valence-electron chi connectivity index (χ2n) is 10.4. The van der Waals surface area contributed by atoms with Crippen molar-refractivity contribution in [3.05, 3.63) is 59.2 Å². The number of piperidine rings is 1. The molecule has 1 spiro atoms. The third kappa shape index (κ3) is 2.78. The number of benzene rings is 2. The zero-order valence-corrected chi connectivity index (χ0v) is 19.7. The first-order valence-electron chi connectivity index (χ1n) is 12.2. The van der Waals surface area contributed by atoms with Gasteiger partial charge in [-0.05, 0) is 62.9 Å². The van der Waals surface area contributed by atoms with E-state index in [2.05, 4.69) is 17.3 Å². The Morgan fingerprint density at radius 2 is 2.06 bits per heavy atom. The van der Waals surface area contributed by atoms with Gasteiger partial charge in [0.2, 0.25) is 0 Å². The van der Waals surface area contributed by atoms with E-state index in [-0.39, 0.29) is 23.9 Å². The fraction of sp³-hybridized carbons (Fsp3) is 0.519. The lowest BCUT2D eigenvalue weighted by atomic mass is 9.48. The molecule has 34 heavy (non-hydrogen) atoms. The summed E-state index contributed by atoms with van der Waals surface area (Å²) in [4.78, 5) is 14.7. The summed E-state index contributed by atoms with van der Waals surface area (Å²) in [6, 6.07) is 12.8. The fourth-order valence-corrected chi connectivity index (χ4v) is 7.64. The van der Waals surface area contributed by atoms with E-state index in [1.54, 1.807) is 13.2 Å². The number of carboxylic acids is 1. The van der Waals surface area contributed by atoms with E-state index < -0.39 is 23.0 Å². The van der Waals surface area contributed by atoms with Crippen molar-refractivity contribution in [3.63, 3.8) is 0 Å². The summed E-state index contributed by atoms with van der Waals surface area (Å²) in [5.41, 5.74) is 2.42. The maximum absolute atomic E-state index is 12.3. The molecule has 0 aromatic heterocycles. The molecule has 6 rings (SSSR count). The molecule has 2 aromatic carbocycles. The largest absolute Gasteiger partial charge is 0.504 e. The molecule has 2 bridgehead atoms. The van der Waals surface area contributed by atoms with Gasteiger partial charge in [0.15, 0.2) is 11.5 Å². The quantitative estimate of drug-likeness (QED) is 0.605. The highest BCUT2D eigenvalue weighted by Gasteiger charge is 2.73. The maximum atomic E-state index is 12.3. The number of phenols is 1. The molecular formula is C27H32N2O5. The van der Waals surface area contributed by atoms with Gasteiger partial charge in [0.1, 0.15) is 12.1 Å². The van der Waals surface area contributed by atoms with Crippen LogP contribution in [0.3, 0.4) is 0 Å². The smallest absolute Gasteiger partial charge is 0.321 e. The van der Waals surface area contributed by atoms with Gasteiger partial charge in [0.25, 0.3) is 0 Å². The highest BCUT2D eigenvalue weighted by molar-refractivity contribution is 5.74. The number of nitrogens with one attached hydrogen (secondary N) is 1. The highest BCUT2D eigenvalue weighted by atomic mass is 16.5. The molecule has 2 heterocycles. The van der Waals surface area contributed by atoms with Gasteiger partial charge in [-0.3, -0.25) is 10.1 Å². The molecule has 0 radical (unpaired) electrons. The zero-order chi connectivity index (χ0) is 23.7. The Morgan fingerprint density at radius 3 is 2.79 bits per heavy atom. The topological polar surface area (TPSA) is 91.3 Å². The van der Waals surface area contributed by atoms with Crippen molar-refractivity contribution in [3.8, 4) is 11.5 Å². The molecule has 6 atom stereocenters. The monoisotopic (exact) mass is 464 g/mol. The predicted octanol–water partition coefficient (Wildman–Crippen LogP) is 2.48. The highest BCUT2D eigenvalue weighted by Crippen LogP contribution is 2.66. The Hall–Kier alpha value is -2.61. The van der Waals surface area contributed by atoms with Crippen LogP contribution < -0.4 is 10.1 Å². The number of hydrogen-bond donors (Lipinski definition) is 3. The number of carbonyl (C=O) groups is 1. The lowest BCUT2D eigenvalue weighted by Crippen LogP contribution is -2.78. The van der Waals surface area contributed by atoms with Crippen molar-refractivity contribution in [2.24, 2.45) is 0 Å². The molecule has 1 saturated heterocycles. The van der Waals surface area contributed by atoms with Crippen LogP contribution in [0.1, 0.15) is 36.0 Å². The molecular weight excluding hydrogens is 432 g/mol. The van der Waals surface area contributed by atoms with Crippen LogP contribution in [-0.2, 0) is 27.8 Å². The van der Waals surface area contributed by atoms with Gasteiger partial charge < -0.3 is 24.6 Å². The van der Waals surface area contributed by atoms with Crippen molar-refractivity contribution in [1.82, 2.24) is 10.2 Å². The van der Waals surface area contributed by atoms with Gasteiger partial charge in [-0.25, -0.2) is 0 Å². The molecule has 1 saturated carbocycles. The number of rotatable bonds is 6. The van der Waals surface area contributed by atoms with E-state index in [0.717, 1.165) is 43.4 Å². The lowest BCUT2D eigenvalue weighted by molar-refractivity contribution is -0.204. The third-order valence-electron chi connectivity index (χ3n) is 9.05. The van der Waals surface area contributed by atoms with E-state index in [4.69, 9.17) is 9.47 Å². The first-order valence-corrected chi connectivity index (χ1v) is 12.2. The van der Waals surface area contributed by atoms with E-state index in [9.17, 15) is 15.0 Å². The summed E-state index contributed by atoms with van der Waals surface area (Å²) in [5.74, 6) is -0.146. The first-order chi connectivity index (χ1) is 16.4. The van der Waals surface area contributed by atoms with Gasteiger partial charge in [-0.1, -0.05) is 36.4 Å². The Morgan fingerprint density at radius 1 is 1.26 bits per heavy atom. The van der Waals surface area contributed by atoms with Gasteiger partial charge >= 0.3 is 5.97 Å². The van der Waals surface area contributed by atoms with Crippen LogP contribution >= 0.6 is 0 Å². The van der Waals surface area contributed by atoms with Crippen molar-refractivity contribution in [1.29, 1.82) is 0 Å². The molecule has 3 N–H and O–H groups in total. The van der Waals surface area contributed by atoms with Gasteiger partial charge in [-0.2, -0.15) is 0 Å². The SMILES string of the molecule is CO[C@@]12CCC(N[C@@H](Cc3ccccc3)C(=O)O)C3Oc4c(O)ccc5c4[C@@]31CCN(C)[C@@H]2C5. The van der Waals surface area contributed by atoms with Crippen LogP contribution in [0.25, 0.3) is 0 Å². The number of likely N-dealkylation sites (N-methyl/N-ethyl adjacent to an activating group) is 1. The molecule has 180 valence electrons. The van der Waals surface area contributed by atoms with Gasteiger partial charge in [0.05, 0.1) is 11.0 Å². The van der Waals surface area contributed by atoms with Crippen molar-refractivity contribution < 1.29 is 24.5 Å². The molecule has 2 aliphatic carbocycles. The summed E-state index contributed by atoms with van der Waals surface area (Å²) >= 11 is 0. The van der Waals surface area contributed by atoms with Crippen LogP contribution in [0.4, 0.5) is 0 Å². The summed E-state index contributed by atoms with van der Waals surface area (Å²) in [7, 11) is 3.97. The number of likely N-dealkylation sites (tertiary alicyclic amines) is 1. The minimum absolute atomic E-state index is 0.155. The minimum atomic E-state index is -0.867. The number of methoxy groups -OCH3 is 1. The van der Waals surface area contributed by atoms with Crippen LogP contribution in [-0.4, -0.2) is 71.6 Å². The standard InChI is InChI=1S/C27H32N2O5/c1-29-13-12-26-22-17-8-9-20(30)23(22)34-24(26)18(10-11-27(26,33-2)21(29)15-17)28-19(25(31)32)14-16-6-4-3-5-7-16/h3-9,18-19,21,24,28,30H,10-15H2,1-2H3,(H,31,32)/t18?,19-,21+,24?,26-,27+/m0/s1. The Balaban J connectivity index is 1.42. The third-order valence-corrected chi connectivity index (χ3v) is 9.05. The number of phenolic OH excluding ortho intramolecular Hbond substituents is 1. The fourth-order valence-electron chi connectivity index (χ4n) is 7.64. The number of nitrogens with zero attached hydrogens (tertiary/aromatic N) is 1. The van der Waals surface area contributed by atoms with Crippen LogP contribution in [0.2, 0.25) is 0 Å². The number of ether oxygens (including phenoxy) is 2. The Kier molecular flexibility index (Phi) is 4.96. The normalized spacial score (nSPS) is 34.2. The Bertz CT molecular complexity index is 1120. The lowest BCUT2D eigenvalue weighted by Gasteiger charge is -2.65. The predicted molar refractivity (Wildman–Crippen MR) is 126 cm³/mol. The van der Waals surface area contributed by atoms with E-state index >= 15 is 0 Å². The number of hydrogen-bond acceptors (Lipinski definition) is 6. The second kappa shape index (κ2) is 7.70. The van der Waals surface area contributed by atoms with E-state index in [1.807, 2.05) is 36.4 Å². The van der Waals surface area contributed by atoms with Gasteiger partial charge in [-0.15, -0.1) is 0 Å². The van der Waals surface area contributed by atoms with Crippen molar-refractivity contribution in [2.45, 2.75) is 67.3 Å². The zero-order valence-electron chi connectivity index (χ0n) is 19.7. The summed E-state index contributed by atoms with van der Waals surface area (Å²) < 4.78 is 13.1. The van der Waals surface area contributed by atoms with Gasteiger partial charge in [0, 0.05) is 24.8 Å². The summed E-state index contributed by atoms with van der Waals surface area (Å²) in [6.45, 7) is 0.906. The average molecular weight is 465 g/mol. The van der Waals surface area contributed by atoms with E-state index in [1.165, 1.54) is 5.56 Å². The van der Waals surface area contributed by atoms with Crippen molar-refractivity contribution in [2.75, 3.05) is 20.7 Å². The Labute approximate surface area is 199 Å². The molecule has 7 heteroatoms. The molecule has 4 aliphatic rings. The first kappa shape index (κ1) is 21.9. The molecule has 0 amide bonds. The second-order valence-corrected chi connectivity index (χ2v) is 10.4. The molecule has 2 fully saturated rings. The summed E-state index contributed by atoms with van der Waals surface area (Å²) in [5, 5.41) is 24.3. The van der Waals surface area contributed by atoms with Crippen LogP contribution in [0.15, 0.2) is 42.5 Å². The molecule has 2 aliphatic heterocycles. The molecule has 2 aromatic rings. The van der Waals surface area contributed by atoms with Crippen molar-refractivity contribution >= 4 is 5.97 Å². The number of carboxylic acid groups (broad SMARTS) is 1. The molecule has 2 unspecified atom stereocenters. The van der Waals surface area contributed by atoms with Crippen LogP contribution in [0.5, 0.6) is 11.5 Å². The molecule has 7 nitrogen and oxygen atoms in total. The average Bonchev–Trinajstić information content (AvgIpc) is 3.20. The number of aromatic hydroxyl groups is 1.